The number of carbonyl (C=O) groups is 1. The first-order valence-corrected chi connectivity index (χ1v) is 10.1. The number of fused-ring (bicyclic) bond motifs is 3. The van der Waals surface area contributed by atoms with E-state index in [1.807, 2.05) is 0 Å². The molecule has 0 amide bonds. The van der Waals surface area contributed by atoms with Crippen molar-refractivity contribution in [1.29, 1.82) is 0 Å². The van der Waals surface area contributed by atoms with Gasteiger partial charge < -0.3 is 19.4 Å². The van der Waals surface area contributed by atoms with Gasteiger partial charge in [0.05, 0.1) is 6.61 Å². The summed E-state index contributed by atoms with van der Waals surface area (Å²) < 4.78 is 5.60. The van der Waals surface area contributed by atoms with Crippen LogP contribution in [0, 0.1) is 0 Å². The van der Waals surface area contributed by atoms with Crippen LogP contribution in [0.3, 0.4) is 0 Å². The molecule has 2 heterocycles. The van der Waals surface area contributed by atoms with E-state index in [0.717, 1.165) is 78.2 Å². The number of ether oxygens (including phenoxy) is 1. The van der Waals surface area contributed by atoms with Gasteiger partial charge in [0.15, 0.2) is 0 Å². The second kappa shape index (κ2) is 13.1. The maximum absolute atomic E-state index is 12.8. The normalized spacial score (nSPS) is 29.6. The molecule has 6 nitrogen and oxygen atoms in total. The van der Waals surface area contributed by atoms with Gasteiger partial charge in [-0.3, -0.25) is 9.69 Å². The van der Waals surface area contributed by atoms with Crippen molar-refractivity contribution in [2.24, 2.45) is 0 Å². The van der Waals surface area contributed by atoms with Gasteiger partial charge in [-0.15, -0.1) is 0 Å². The van der Waals surface area contributed by atoms with Crippen LogP contribution in [0.1, 0.15) is 32.6 Å². The van der Waals surface area contributed by atoms with Crippen molar-refractivity contribution in [2.45, 2.75) is 38.6 Å². The molecule has 26 heavy (non-hydrogen) atoms. The number of esters is 1. The molecular weight excluding hydrogens is 371 g/mol. The van der Waals surface area contributed by atoms with Crippen molar-refractivity contribution in [3.63, 3.8) is 0 Å². The molecule has 0 N–H and O–H groups in total. The van der Waals surface area contributed by atoms with Crippen molar-refractivity contribution in [2.75, 3.05) is 79.6 Å². The van der Waals surface area contributed by atoms with Crippen molar-refractivity contribution in [3.8, 4) is 0 Å². The van der Waals surface area contributed by atoms with Gasteiger partial charge in [-0.05, 0) is 53.0 Å². The zero-order valence-electron chi connectivity index (χ0n) is 17.0. The van der Waals surface area contributed by atoms with E-state index < -0.39 is 0 Å². The van der Waals surface area contributed by atoms with Crippen LogP contribution in [-0.4, -0.2) is 111 Å². The number of rotatable bonds is 4. The third kappa shape index (κ3) is 8.24. The Hall–Kier alpha value is -0.171. The summed E-state index contributed by atoms with van der Waals surface area (Å²) in [6.45, 7) is 12.1. The molecule has 2 fully saturated rings. The Labute approximate surface area is 170 Å². The molecule has 2 aliphatic heterocycles. The molecular formula is C19H38MnN4O2+2. The summed E-state index contributed by atoms with van der Waals surface area (Å²) in [6.07, 6.45) is 4.10. The minimum Gasteiger partial charge on any atom is -0.465 e. The largest absolute Gasteiger partial charge is 2.00 e. The Kier molecular flexibility index (Phi) is 12.0. The van der Waals surface area contributed by atoms with Crippen LogP contribution in [0.5, 0.6) is 0 Å². The van der Waals surface area contributed by atoms with Crippen molar-refractivity contribution in [1.82, 2.24) is 19.6 Å². The molecule has 0 spiro atoms. The molecule has 2 bridgehead atoms. The van der Waals surface area contributed by atoms with E-state index in [0.29, 0.717) is 6.61 Å². The Morgan fingerprint density at radius 1 is 0.923 bits per heavy atom. The Morgan fingerprint density at radius 2 is 1.58 bits per heavy atom. The summed E-state index contributed by atoms with van der Waals surface area (Å²) >= 11 is 0. The molecule has 0 aromatic carbocycles. The van der Waals surface area contributed by atoms with Crippen LogP contribution in [-0.2, 0) is 26.6 Å². The maximum Gasteiger partial charge on any atom is 2.00 e. The Balaban J connectivity index is 0.00000338. The van der Waals surface area contributed by atoms with E-state index in [2.05, 4.69) is 40.6 Å². The molecule has 1 radical (unpaired) electrons. The van der Waals surface area contributed by atoms with E-state index in [4.69, 9.17) is 4.74 Å². The number of nitrogens with zero attached hydrogens (tertiary/aromatic N) is 4. The number of carbonyl (C=O) groups excluding carboxylic acids is 1. The molecule has 2 saturated heterocycles. The van der Waals surface area contributed by atoms with E-state index in [-0.39, 0.29) is 29.1 Å². The molecule has 0 aromatic rings. The standard InChI is InChI=1S/C19H38N4O2.Mn/c1-4-5-17-25-19(24)18-7-10-21(3)11-13-22-9-6-8-20(2)12-15-23(18)16-14-22;/h18H,4-17H2,1-3H3;/q;+2. The maximum atomic E-state index is 12.8. The summed E-state index contributed by atoms with van der Waals surface area (Å²) in [7, 11) is 4.36. The SMILES string of the molecule is CCCCOC(=O)C1CCN(C)CCN2CCCN(C)CCN1CC2.[Mn+2]. The molecule has 0 saturated carbocycles. The first-order valence-electron chi connectivity index (χ1n) is 10.1. The molecule has 2 aliphatic rings. The van der Waals surface area contributed by atoms with Crippen molar-refractivity contribution < 1.29 is 26.6 Å². The number of unbranched alkanes of at least 4 members (excludes halogenated alkanes) is 1. The van der Waals surface area contributed by atoms with Crippen LogP contribution in [0.2, 0.25) is 0 Å². The van der Waals surface area contributed by atoms with Gasteiger partial charge in [0.25, 0.3) is 0 Å². The molecule has 3 atom stereocenters. The van der Waals surface area contributed by atoms with Gasteiger partial charge in [-0.2, -0.15) is 0 Å². The summed E-state index contributed by atoms with van der Waals surface area (Å²) in [5, 5.41) is 0. The summed E-state index contributed by atoms with van der Waals surface area (Å²) in [5.74, 6) is -0.0197. The average Bonchev–Trinajstić information content (AvgIpc) is 2.60. The van der Waals surface area contributed by atoms with Crippen molar-refractivity contribution >= 4 is 5.97 Å². The van der Waals surface area contributed by atoms with E-state index >= 15 is 0 Å². The zero-order valence-corrected chi connectivity index (χ0v) is 18.1. The second-order valence-corrected chi connectivity index (χ2v) is 7.66. The molecule has 0 aliphatic carbocycles. The summed E-state index contributed by atoms with van der Waals surface area (Å²) in [5.41, 5.74) is 0. The quantitative estimate of drug-likeness (QED) is 0.392. The van der Waals surface area contributed by atoms with Gasteiger partial charge in [0.2, 0.25) is 0 Å². The van der Waals surface area contributed by atoms with Gasteiger partial charge in [-0.1, -0.05) is 13.3 Å². The fourth-order valence-electron chi connectivity index (χ4n) is 3.63. The first-order chi connectivity index (χ1) is 12.1. The molecule has 3 unspecified atom stereocenters. The van der Waals surface area contributed by atoms with Crippen LogP contribution in [0.25, 0.3) is 0 Å². The fraction of sp³-hybridized carbons (Fsp3) is 0.947. The molecule has 151 valence electrons. The van der Waals surface area contributed by atoms with Gasteiger partial charge >= 0.3 is 23.0 Å². The Morgan fingerprint density at radius 3 is 2.35 bits per heavy atom. The molecule has 2 rings (SSSR count). The van der Waals surface area contributed by atoms with E-state index in [1.165, 1.54) is 6.42 Å². The molecule has 0 aromatic heterocycles. The van der Waals surface area contributed by atoms with Gasteiger partial charge in [0.1, 0.15) is 6.04 Å². The first kappa shape index (κ1) is 23.9. The van der Waals surface area contributed by atoms with Gasteiger partial charge in [-0.25, -0.2) is 0 Å². The third-order valence-electron chi connectivity index (χ3n) is 5.52. The van der Waals surface area contributed by atoms with Crippen LogP contribution in [0.4, 0.5) is 0 Å². The van der Waals surface area contributed by atoms with Gasteiger partial charge in [0, 0.05) is 39.3 Å². The number of hydrogen-bond donors (Lipinski definition) is 0. The smallest absolute Gasteiger partial charge is 0.465 e. The predicted octanol–water partition coefficient (Wildman–Crippen LogP) is 0.971. The minimum absolute atomic E-state index is 0. The van der Waals surface area contributed by atoms with Crippen LogP contribution >= 0.6 is 0 Å². The predicted molar refractivity (Wildman–Crippen MR) is 102 cm³/mol. The van der Waals surface area contributed by atoms with E-state index in [9.17, 15) is 4.79 Å². The van der Waals surface area contributed by atoms with Crippen LogP contribution in [0.15, 0.2) is 0 Å². The topological polar surface area (TPSA) is 39.3 Å². The monoisotopic (exact) mass is 409 g/mol. The number of likely N-dealkylation sites (N-methyl/N-ethyl adjacent to an activating group) is 2. The summed E-state index contributed by atoms with van der Waals surface area (Å²) in [4.78, 5) is 22.5. The van der Waals surface area contributed by atoms with Crippen molar-refractivity contribution in [3.05, 3.63) is 0 Å². The van der Waals surface area contributed by atoms with Crippen LogP contribution < -0.4 is 0 Å². The molecule has 7 heteroatoms. The third-order valence-corrected chi connectivity index (χ3v) is 5.52. The summed E-state index contributed by atoms with van der Waals surface area (Å²) in [6, 6.07) is -0.105. The minimum atomic E-state index is -0.105. The average molecular weight is 409 g/mol. The second-order valence-electron chi connectivity index (χ2n) is 7.66. The fourth-order valence-corrected chi connectivity index (χ4v) is 3.63. The van der Waals surface area contributed by atoms with E-state index in [1.54, 1.807) is 0 Å². The Bertz CT molecular complexity index is 400. The number of hydrogen-bond acceptors (Lipinski definition) is 6. The zero-order chi connectivity index (χ0) is 18.1.